The Morgan fingerprint density at radius 2 is 2.15 bits per heavy atom. The van der Waals surface area contributed by atoms with Crippen molar-refractivity contribution in [2.45, 2.75) is 25.2 Å². The summed E-state index contributed by atoms with van der Waals surface area (Å²) in [4.78, 5) is 21.7. The molecule has 0 spiro atoms. The Morgan fingerprint density at radius 3 is 2.96 bits per heavy atom. The van der Waals surface area contributed by atoms with E-state index in [1.807, 2.05) is 11.4 Å². The topological polar surface area (TPSA) is 45.7 Å². The number of thiophene rings is 1. The van der Waals surface area contributed by atoms with Crippen LogP contribution in [0.4, 0.5) is 19.0 Å². The fourth-order valence-corrected chi connectivity index (χ4v) is 4.30. The molecule has 1 fully saturated rings. The number of amides is 1. The molecule has 2 aromatic heterocycles. The molecule has 0 saturated carbocycles. The zero-order chi connectivity index (χ0) is 19.0. The number of aromatic nitrogens is 1. The number of pyridine rings is 1. The van der Waals surface area contributed by atoms with Crippen LogP contribution in [0.1, 0.15) is 16.0 Å². The summed E-state index contributed by atoms with van der Waals surface area (Å²) in [7, 11) is 0. The van der Waals surface area contributed by atoms with E-state index in [9.17, 15) is 18.0 Å². The van der Waals surface area contributed by atoms with Gasteiger partial charge in [-0.1, -0.05) is 0 Å². The third kappa shape index (κ3) is 3.79. The molecule has 4 heterocycles. The van der Waals surface area contributed by atoms with E-state index in [0.29, 0.717) is 19.6 Å². The van der Waals surface area contributed by atoms with Crippen molar-refractivity contribution in [3.63, 3.8) is 0 Å². The number of anilines is 1. The molecule has 0 N–H and O–H groups in total. The van der Waals surface area contributed by atoms with Gasteiger partial charge < -0.3 is 14.5 Å². The van der Waals surface area contributed by atoms with E-state index in [2.05, 4.69) is 4.98 Å². The third-order valence-corrected chi connectivity index (χ3v) is 5.88. The third-order valence-electron chi connectivity index (χ3n) is 4.86. The summed E-state index contributed by atoms with van der Waals surface area (Å²) in [6.45, 7) is 2.05. The highest BCUT2D eigenvalue weighted by atomic mass is 32.1. The summed E-state index contributed by atoms with van der Waals surface area (Å²) in [6.07, 6.45) is -3.15. The number of hydrogen-bond donors (Lipinski definition) is 0. The molecule has 0 aliphatic carbocycles. The Kier molecular flexibility index (Phi) is 4.81. The van der Waals surface area contributed by atoms with E-state index in [0.717, 1.165) is 30.3 Å². The van der Waals surface area contributed by atoms with Gasteiger partial charge in [-0.25, -0.2) is 4.98 Å². The van der Waals surface area contributed by atoms with Crippen LogP contribution in [0, 0.1) is 0 Å². The van der Waals surface area contributed by atoms with E-state index in [4.69, 9.17) is 4.74 Å². The second-order valence-corrected chi connectivity index (χ2v) is 7.59. The summed E-state index contributed by atoms with van der Waals surface area (Å²) in [6, 6.07) is 3.99. The maximum Gasteiger partial charge on any atom is 0.416 e. The van der Waals surface area contributed by atoms with Gasteiger partial charge in [-0.15, -0.1) is 11.3 Å². The number of hydrogen-bond acceptors (Lipinski definition) is 5. The lowest BCUT2D eigenvalue weighted by Gasteiger charge is -2.36. The lowest BCUT2D eigenvalue weighted by Crippen LogP contribution is -2.52. The van der Waals surface area contributed by atoms with Gasteiger partial charge in [0.2, 0.25) is 0 Å². The highest BCUT2D eigenvalue weighted by Gasteiger charge is 2.34. The first-order valence-electron chi connectivity index (χ1n) is 8.65. The van der Waals surface area contributed by atoms with Crippen LogP contribution in [0.3, 0.4) is 0 Å². The zero-order valence-electron chi connectivity index (χ0n) is 14.4. The lowest BCUT2D eigenvalue weighted by molar-refractivity contribution is -0.145. The van der Waals surface area contributed by atoms with Crippen molar-refractivity contribution in [3.05, 3.63) is 45.8 Å². The Balaban J connectivity index is 1.46. The van der Waals surface area contributed by atoms with Gasteiger partial charge in [0.1, 0.15) is 5.82 Å². The van der Waals surface area contributed by atoms with Crippen molar-refractivity contribution >= 4 is 23.1 Å². The highest BCUT2D eigenvalue weighted by molar-refractivity contribution is 7.10. The number of morpholine rings is 1. The smallest absolute Gasteiger partial charge is 0.365 e. The number of nitrogens with zero attached hydrogens (tertiary/aromatic N) is 3. The molecule has 144 valence electrons. The zero-order valence-corrected chi connectivity index (χ0v) is 15.2. The van der Waals surface area contributed by atoms with Gasteiger partial charge >= 0.3 is 6.18 Å². The molecular formula is C18H18F3N3O2S. The average Bonchev–Trinajstić information content (AvgIpc) is 3.15. The molecule has 9 heteroatoms. The predicted octanol–water partition coefficient (Wildman–Crippen LogP) is 2.95. The molecule has 2 aromatic rings. The maximum atomic E-state index is 12.9. The highest BCUT2D eigenvalue weighted by Crippen LogP contribution is 2.31. The Bertz CT molecular complexity index is 839. The fraction of sp³-hybridized carbons (Fsp3) is 0.444. The van der Waals surface area contributed by atoms with Crippen molar-refractivity contribution in [2.24, 2.45) is 0 Å². The van der Waals surface area contributed by atoms with Gasteiger partial charge in [0, 0.05) is 30.7 Å². The van der Waals surface area contributed by atoms with E-state index in [1.165, 1.54) is 4.88 Å². The molecule has 0 bridgehead atoms. The number of carbonyl (C=O) groups is 1. The minimum absolute atomic E-state index is 0.122. The van der Waals surface area contributed by atoms with Gasteiger partial charge in [-0.3, -0.25) is 4.79 Å². The number of ether oxygens (including phenoxy) is 1. The first-order valence-corrected chi connectivity index (χ1v) is 9.53. The molecule has 1 atom stereocenters. The molecule has 0 aromatic carbocycles. The number of carbonyl (C=O) groups excluding carboxylic acids is 1. The summed E-state index contributed by atoms with van der Waals surface area (Å²) in [5.74, 6) is 0.0909. The van der Waals surface area contributed by atoms with Crippen molar-refractivity contribution in [1.29, 1.82) is 0 Å². The van der Waals surface area contributed by atoms with Crippen molar-refractivity contribution < 1.29 is 22.7 Å². The molecule has 2 aliphatic rings. The summed E-state index contributed by atoms with van der Waals surface area (Å²) in [5, 5.41) is 2.02. The van der Waals surface area contributed by atoms with E-state index < -0.39 is 17.8 Å². The monoisotopic (exact) mass is 397 g/mol. The van der Waals surface area contributed by atoms with Gasteiger partial charge in [0.25, 0.3) is 5.91 Å². The van der Waals surface area contributed by atoms with Crippen LogP contribution in [0.5, 0.6) is 0 Å². The molecule has 27 heavy (non-hydrogen) atoms. The normalized spacial score (nSPS) is 20.5. The van der Waals surface area contributed by atoms with E-state index in [-0.39, 0.29) is 24.9 Å². The Hall–Kier alpha value is -2.13. The van der Waals surface area contributed by atoms with Gasteiger partial charge in [-0.05, 0) is 35.6 Å². The molecular weight excluding hydrogens is 379 g/mol. The summed E-state index contributed by atoms with van der Waals surface area (Å²) >= 11 is 1.70. The molecule has 4 rings (SSSR count). The van der Waals surface area contributed by atoms with Crippen molar-refractivity contribution in [2.75, 3.05) is 31.1 Å². The second-order valence-electron chi connectivity index (χ2n) is 6.58. The molecule has 5 nitrogen and oxygen atoms in total. The largest absolute Gasteiger partial charge is 0.416 e. The number of rotatable bonds is 2. The standard InChI is InChI=1S/C18H18F3N3O2S/c19-18(20,21)13-1-4-22-16(9-13)23-6-7-26-14(11-23)17(25)24-5-2-15-12(10-24)3-8-27-15/h1,3-4,8-9,14H,2,5-7,10-11H2. The second kappa shape index (κ2) is 7.12. The maximum absolute atomic E-state index is 12.9. The first-order chi connectivity index (χ1) is 12.9. The molecule has 1 amide bonds. The number of alkyl halides is 3. The SMILES string of the molecule is O=C(C1CN(c2cc(C(F)(F)F)ccn2)CCO1)N1CCc2sccc2C1. The van der Waals surface area contributed by atoms with Crippen LogP contribution in [0.15, 0.2) is 29.8 Å². The van der Waals surface area contributed by atoms with Crippen LogP contribution in [0.2, 0.25) is 0 Å². The van der Waals surface area contributed by atoms with Crippen LogP contribution >= 0.6 is 11.3 Å². The van der Waals surface area contributed by atoms with Crippen LogP contribution in [-0.4, -0.2) is 48.1 Å². The van der Waals surface area contributed by atoms with Gasteiger partial charge in [0.05, 0.1) is 18.7 Å². The van der Waals surface area contributed by atoms with E-state index >= 15 is 0 Å². The predicted molar refractivity (Wildman–Crippen MR) is 94.6 cm³/mol. The van der Waals surface area contributed by atoms with Gasteiger partial charge in [0.15, 0.2) is 6.10 Å². The van der Waals surface area contributed by atoms with Crippen LogP contribution < -0.4 is 4.90 Å². The van der Waals surface area contributed by atoms with Crippen molar-refractivity contribution in [3.8, 4) is 0 Å². The van der Waals surface area contributed by atoms with Gasteiger partial charge in [-0.2, -0.15) is 13.2 Å². The summed E-state index contributed by atoms with van der Waals surface area (Å²) < 4.78 is 44.5. The Morgan fingerprint density at radius 1 is 1.30 bits per heavy atom. The first kappa shape index (κ1) is 18.2. The summed E-state index contributed by atoms with van der Waals surface area (Å²) in [5.41, 5.74) is 0.412. The molecule has 2 aliphatic heterocycles. The number of fused-ring (bicyclic) bond motifs is 1. The molecule has 1 saturated heterocycles. The Labute approximate surface area is 158 Å². The molecule has 0 radical (unpaired) electrons. The minimum Gasteiger partial charge on any atom is -0.365 e. The average molecular weight is 397 g/mol. The fourth-order valence-electron chi connectivity index (χ4n) is 3.41. The van der Waals surface area contributed by atoms with Crippen molar-refractivity contribution in [1.82, 2.24) is 9.88 Å². The lowest BCUT2D eigenvalue weighted by atomic mass is 10.1. The molecule has 1 unspecified atom stereocenters. The minimum atomic E-state index is -4.43. The number of halogens is 3. The quantitative estimate of drug-likeness (QED) is 0.782. The van der Waals surface area contributed by atoms with Crippen LogP contribution in [-0.2, 0) is 28.7 Å². The van der Waals surface area contributed by atoms with Crippen LogP contribution in [0.25, 0.3) is 0 Å². The van der Waals surface area contributed by atoms with E-state index in [1.54, 1.807) is 21.1 Å².